The van der Waals surface area contributed by atoms with Crippen LogP contribution in [0.2, 0.25) is 5.02 Å². The van der Waals surface area contributed by atoms with Crippen LogP contribution in [0.4, 0.5) is 13.2 Å². The largest absolute Gasteiger partial charge is 0.394 e. The molecule has 0 fully saturated rings. The van der Waals surface area contributed by atoms with Crippen LogP contribution < -0.4 is 5.32 Å². The third kappa shape index (κ3) is 3.65. The highest BCUT2D eigenvalue weighted by Crippen LogP contribution is 2.23. The molecule has 0 aliphatic carbocycles. The lowest BCUT2D eigenvalue weighted by molar-refractivity contribution is 0.0916. The Kier molecular flexibility index (Phi) is 5.28. The second kappa shape index (κ2) is 7.02. The maximum absolute atomic E-state index is 13.3. The van der Waals surface area contributed by atoms with Crippen LogP contribution in [0.25, 0.3) is 0 Å². The fourth-order valence-electron chi connectivity index (χ4n) is 2.07. The van der Waals surface area contributed by atoms with Crippen LogP contribution in [0.15, 0.2) is 30.3 Å². The topological polar surface area (TPSA) is 49.3 Å². The average Bonchev–Trinajstić information content (AvgIpc) is 2.52. The van der Waals surface area contributed by atoms with Crippen molar-refractivity contribution in [3.05, 3.63) is 69.5 Å². The van der Waals surface area contributed by atoms with E-state index in [0.29, 0.717) is 5.56 Å². The molecule has 2 aromatic carbocycles. The van der Waals surface area contributed by atoms with E-state index in [0.717, 1.165) is 12.1 Å². The first kappa shape index (κ1) is 17.3. The number of hydrogen-bond donors (Lipinski definition) is 2. The van der Waals surface area contributed by atoms with Crippen molar-refractivity contribution in [2.24, 2.45) is 0 Å². The number of nitrogens with one attached hydrogen (secondary N) is 1. The summed E-state index contributed by atoms with van der Waals surface area (Å²) in [5.41, 5.74) is 0.743. The Balaban J connectivity index is 2.29. The first-order valence-corrected chi connectivity index (χ1v) is 7.04. The molecule has 0 saturated heterocycles. The summed E-state index contributed by atoms with van der Waals surface area (Å²) in [6, 6.07) is 5.15. The Morgan fingerprint density at radius 3 is 2.43 bits per heavy atom. The number of aryl methyl sites for hydroxylation is 1. The van der Waals surface area contributed by atoms with Crippen LogP contribution in [-0.4, -0.2) is 17.6 Å². The van der Waals surface area contributed by atoms with Gasteiger partial charge in [-0.05, 0) is 36.2 Å². The Bertz CT molecular complexity index is 729. The molecule has 0 aliphatic rings. The number of rotatable bonds is 4. The van der Waals surface area contributed by atoms with Crippen LogP contribution >= 0.6 is 11.6 Å². The van der Waals surface area contributed by atoms with Crippen LogP contribution in [-0.2, 0) is 0 Å². The quantitative estimate of drug-likeness (QED) is 0.834. The fraction of sp³-hybridized carbons (Fsp3) is 0.188. The van der Waals surface area contributed by atoms with E-state index in [1.54, 1.807) is 19.1 Å². The summed E-state index contributed by atoms with van der Waals surface area (Å²) in [5.74, 6) is -5.04. The minimum Gasteiger partial charge on any atom is -0.394 e. The second-order valence-electron chi connectivity index (χ2n) is 4.94. The summed E-state index contributed by atoms with van der Waals surface area (Å²) in [6.45, 7) is 1.09. The van der Waals surface area contributed by atoms with Crippen molar-refractivity contribution in [1.29, 1.82) is 0 Å². The van der Waals surface area contributed by atoms with E-state index in [9.17, 15) is 23.1 Å². The minimum atomic E-state index is -1.61. The molecular formula is C16H13ClF3NO2. The number of aliphatic hydroxyl groups excluding tert-OH is 1. The van der Waals surface area contributed by atoms with Gasteiger partial charge in [0.2, 0.25) is 0 Å². The van der Waals surface area contributed by atoms with E-state index < -0.39 is 36.0 Å². The fourth-order valence-corrected chi connectivity index (χ4v) is 2.28. The zero-order valence-electron chi connectivity index (χ0n) is 12.0. The van der Waals surface area contributed by atoms with E-state index in [-0.39, 0.29) is 16.1 Å². The number of hydrogen-bond acceptors (Lipinski definition) is 2. The van der Waals surface area contributed by atoms with Gasteiger partial charge in [-0.15, -0.1) is 0 Å². The Hall–Kier alpha value is -2.05. The lowest BCUT2D eigenvalue weighted by atomic mass is 10.1. The molecule has 0 aromatic heterocycles. The van der Waals surface area contributed by atoms with Gasteiger partial charge < -0.3 is 10.4 Å². The van der Waals surface area contributed by atoms with Crippen LogP contribution in [0.5, 0.6) is 0 Å². The van der Waals surface area contributed by atoms with Crippen molar-refractivity contribution in [3.63, 3.8) is 0 Å². The zero-order valence-corrected chi connectivity index (χ0v) is 12.8. The summed E-state index contributed by atoms with van der Waals surface area (Å²) in [7, 11) is 0. The van der Waals surface area contributed by atoms with Gasteiger partial charge in [0.1, 0.15) is 0 Å². The van der Waals surface area contributed by atoms with E-state index in [1.807, 2.05) is 0 Å². The van der Waals surface area contributed by atoms with Crippen molar-refractivity contribution in [1.82, 2.24) is 5.32 Å². The van der Waals surface area contributed by atoms with Crippen molar-refractivity contribution in [3.8, 4) is 0 Å². The lowest BCUT2D eigenvalue weighted by Crippen LogP contribution is -2.31. The molecule has 3 nitrogen and oxygen atoms in total. The molecule has 2 rings (SSSR count). The summed E-state index contributed by atoms with van der Waals surface area (Å²) in [4.78, 5) is 12.2. The highest BCUT2D eigenvalue weighted by Gasteiger charge is 2.20. The molecule has 23 heavy (non-hydrogen) atoms. The van der Waals surface area contributed by atoms with Gasteiger partial charge in [-0.3, -0.25) is 4.79 Å². The van der Waals surface area contributed by atoms with E-state index in [2.05, 4.69) is 5.32 Å². The monoisotopic (exact) mass is 343 g/mol. The van der Waals surface area contributed by atoms with Gasteiger partial charge >= 0.3 is 0 Å². The molecule has 122 valence electrons. The maximum Gasteiger partial charge on any atom is 0.253 e. The normalized spacial score (nSPS) is 12.1. The molecule has 0 saturated carbocycles. The van der Waals surface area contributed by atoms with Gasteiger partial charge in [0, 0.05) is 0 Å². The molecule has 1 atom stereocenters. The Morgan fingerprint density at radius 1 is 1.26 bits per heavy atom. The molecule has 0 aliphatic heterocycles. The van der Waals surface area contributed by atoms with E-state index >= 15 is 0 Å². The molecule has 2 N–H and O–H groups in total. The van der Waals surface area contributed by atoms with Crippen molar-refractivity contribution < 1.29 is 23.1 Å². The van der Waals surface area contributed by atoms with E-state index in [1.165, 1.54) is 6.07 Å². The standard InChI is InChI=1S/C16H13ClF3NO2/c1-8-3-2-4-10(14(8)17)16(23)21-13(7-22)9-5-11(18)15(20)12(19)6-9/h2-6,13,22H,7H2,1H3,(H,21,23). The van der Waals surface area contributed by atoms with Crippen molar-refractivity contribution in [2.45, 2.75) is 13.0 Å². The van der Waals surface area contributed by atoms with Gasteiger partial charge in [-0.25, -0.2) is 13.2 Å². The Morgan fingerprint density at radius 2 is 1.87 bits per heavy atom. The number of carbonyl (C=O) groups excluding carboxylic acids is 1. The number of benzene rings is 2. The molecule has 0 heterocycles. The van der Waals surface area contributed by atoms with Crippen molar-refractivity contribution in [2.75, 3.05) is 6.61 Å². The molecular weight excluding hydrogens is 331 g/mol. The molecule has 2 aromatic rings. The van der Waals surface area contributed by atoms with Gasteiger partial charge in [-0.1, -0.05) is 23.7 Å². The van der Waals surface area contributed by atoms with Gasteiger partial charge in [0.15, 0.2) is 17.5 Å². The lowest BCUT2D eigenvalue weighted by Gasteiger charge is -2.18. The van der Waals surface area contributed by atoms with Gasteiger partial charge in [0.25, 0.3) is 5.91 Å². The first-order chi connectivity index (χ1) is 10.8. The number of carbonyl (C=O) groups is 1. The van der Waals surface area contributed by atoms with Crippen LogP contribution in [0.1, 0.15) is 27.5 Å². The predicted molar refractivity (Wildman–Crippen MR) is 79.8 cm³/mol. The Labute approximate surface area is 135 Å². The summed E-state index contributed by atoms with van der Waals surface area (Å²) < 4.78 is 39.6. The predicted octanol–water partition coefficient (Wildman–Crippen LogP) is 3.53. The van der Waals surface area contributed by atoms with E-state index in [4.69, 9.17) is 11.6 Å². The van der Waals surface area contributed by atoms with Crippen LogP contribution in [0.3, 0.4) is 0 Å². The highest BCUT2D eigenvalue weighted by molar-refractivity contribution is 6.34. The average molecular weight is 344 g/mol. The SMILES string of the molecule is Cc1cccc(C(=O)NC(CO)c2cc(F)c(F)c(F)c2)c1Cl. The minimum absolute atomic E-state index is 0.0963. The second-order valence-corrected chi connectivity index (χ2v) is 5.32. The summed E-state index contributed by atoms with van der Waals surface area (Å²) in [5, 5.41) is 12.0. The van der Waals surface area contributed by atoms with Gasteiger partial charge in [0.05, 0.1) is 23.2 Å². The number of amides is 1. The molecule has 0 bridgehead atoms. The maximum atomic E-state index is 13.3. The number of aliphatic hydroxyl groups is 1. The van der Waals surface area contributed by atoms with Crippen LogP contribution in [0, 0.1) is 24.4 Å². The first-order valence-electron chi connectivity index (χ1n) is 6.66. The molecule has 0 radical (unpaired) electrons. The smallest absolute Gasteiger partial charge is 0.253 e. The molecule has 1 amide bonds. The zero-order chi connectivity index (χ0) is 17.1. The van der Waals surface area contributed by atoms with Gasteiger partial charge in [-0.2, -0.15) is 0 Å². The number of halogens is 4. The van der Waals surface area contributed by atoms with Crippen molar-refractivity contribution >= 4 is 17.5 Å². The molecule has 1 unspecified atom stereocenters. The summed E-state index contributed by atoms with van der Waals surface area (Å²) >= 11 is 6.04. The summed E-state index contributed by atoms with van der Waals surface area (Å²) in [6.07, 6.45) is 0. The molecule has 0 spiro atoms. The third-order valence-corrected chi connectivity index (χ3v) is 3.83. The molecule has 7 heteroatoms. The highest BCUT2D eigenvalue weighted by atomic mass is 35.5. The third-order valence-electron chi connectivity index (χ3n) is 3.33.